The highest BCUT2D eigenvalue weighted by atomic mass is 35.5. The van der Waals surface area contributed by atoms with Gasteiger partial charge in [0, 0.05) is 11.4 Å². The molecule has 2 nitrogen and oxygen atoms in total. The lowest BCUT2D eigenvalue weighted by molar-refractivity contribution is -0.694. The first-order valence-electron chi connectivity index (χ1n) is 5.98. The first kappa shape index (κ1) is 11.7. The van der Waals surface area contributed by atoms with Crippen LogP contribution in [-0.4, -0.2) is 13.7 Å². The molecule has 0 radical (unpaired) electrons. The van der Waals surface area contributed by atoms with Crippen LogP contribution in [0.2, 0.25) is 5.02 Å². The minimum Gasteiger partial charge on any atom is -0.496 e. The van der Waals surface area contributed by atoms with Gasteiger partial charge in [0.2, 0.25) is 0 Å². The quantitative estimate of drug-likeness (QED) is 0.845. The Bertz CT molecular complexity index is 346. The second-order valence-corrected chi connectivity index (χ2v) is 4.80. The van der Waals surface area contributed by atoms with Crippen LogP contribution in [0, 0.1) is 0 Å². The van der Waals surface area contributed by atoms with E-state index in [0.717, 1.165) is 10.8 Å². The van der Waals surface area contributed by atoms with Crippen molar-refractivity contribution < 1.29 is 10.1 Å². The molecule has 0 bridgehead atoms. The molecule has 1 heterocycles. The van der Waals surface area contributed by atoms with Crippen LogP contribution in [0.4, 0.5) is 0 Å². The molecule has 3 heteroatoms. The van der Waals surface area contributed by atoms with E-state index in [-0.39, 0.29) is 0 Å². The molecule has 1 aromatic carbocycles. The van der Waals surface area contributed by atoms with Gasteiger partial charge in [0.25, 0.3) is 0 Å². The van der Waals surface area contributed by atoms with Crippen molar-refractivity contribution in [3.05, 3.63) is 28.8 Å². The minimum absolute atomic E-state index is 0.510. The van der Waals surface area contributed by atoms with Crippen LogP contribution in [0.3, 0.4) is 0 Å². The van der Waals surface area contributed by atoms with Crippen LogP contribution < -0.4 is 10.1 Å². The van der Waals surface area contributed by atoms with Crippen molar-refractivity contribution in [1.29, 1.82) is 0 Å². The van der Waals surface area contributed by atoms with Gasteiger partial charge in [0.05, 0.1) is 19.2 Å². The molecule has 88 valence electrons. The van der Waals surface area contributed by atoms with Gasteiger partial charge in [0.15, 0.2) is 0 Å². The minimum atomic E-state index is 0.510. The average Bonchev–Trinajstić information content (AvgIpc) is 2.57. The summed E-state index contributed by atoms with van der Waals surface area (Å²) in [6, 6.07) is 6.42. The zero-order chi connectivity index (χ0) is 11.4. The Morgan fingerprint density at radius 3 is 3.00 bits per heavy atom. The number of nitrogens with two attached hydrogens (primary N) is 1. The van der Waals surface area contributed by atoms with E-state index in [1.165, 1.54) is 37.8 Å². The summed E-state index contributed by atoms with van der Waals surface area (Å²) in [6.07, 6.45) is 5.18. The first-order chi connectivity index (χ1) is 7.81. The molecule has 0 aromatic heterocycles. The number of halogens is 1. The summed E-state index contributed by atoms with van der Waals surface area (Å²) in [5, 5.41) is 3.22. The smallest absolute Gasteiger partial charge is 0.128 e. The van der Waals surface area contributed by atoms with Crippen molar-refractivity contribution in [2.45, 2.75) is 31.7 Å². The SMILES string of the molecule is COc1ccc(Cl)cc1[C@@H]1CCCCC[NH2+]1. The number of rotatable bonds is 2. The summed E-state index contributed by atoms with van der Waals surface area (Å²) in [6.45, 7) is 1.21. The Morgan fingerprint density at radius 2 is 2.19 bits per heavy atom. The molecule has 1 aromatic rings. The molecule has 1 saturated heterocycles. The zero-order valence-electron chi connectivity index (χ0n) is 9.71. The Hall–Kier alpha value is -0.730. The number of ether oxygens (including phenoxy) is 1. The molecule has 2 N–H and O–H groups in total. The summed E-state index contributed by atoms with van der Waals surface area (Å²) >= 11 is 6.06. The predicted molar refractivity (Wildman–Crippen MR) is 66.0 cm³/mol. The zero-order valence-corrected chi connectivity index (χ0v) is 10.5. The Morgan fingerprint density at radius 1 is 1.31 bits per heavy atom. The van der Waals surface area contributed by atoms with E-state index in [2.05, 4.69) is 5.32 Å². The van der Waals surface area contributed by atoms with Crippen LogP contribution in [0.1, 0.15) is 37.3 Å². The van der Waals surface area contributed by atoms with Crippen molar-refractivity contribution in [3.8, 4) is 5.75 Å². The molecular formula is C13H19ClNO+. The maximum atomic E-state index is 6.06. The van der Waals surface area contributed by atoms with Gasteiger partial charge in [-0.2, -0.15) is 0 Å². The summed E-state index contributed by atoms with van der Waals surface area (Å²) < 4.78 is 5.42. The lowest BCUT2D eigenvalue weighted by Crippen LogP contribution is -2.84. The Balaban J connectivity index is 2.25. The van der Waals surface area contributed by atoms with Gasteiger partial charge in [-0.15, -0.1) is 0 Å². The van der Waals surface area contributed by atoms with E-state index < -0.39 is 0 Å². The van der Waals surface area contributed by atoms with Gasteiger partial charge in [0.1, 0.15) is 11.8 Å². The normalized spacial score (nSPS) is 21.5. The fourth-order valence-corrected chi connectivity index (χ4v) is 2.58. The summed E-state index contributed by atoms with van der Waals surface area (Å²) in [4.78, 5) is 0. The highest BCUT2D eigenvalue weighted by Crippen LogP contribution is 2.29. The Kier molecular flexibility index (Phi) is 4.08. The largest absolute Gasteiger partial charge is 0.496 e. The number of quaternary nitrogens is 1. The number of hydrogen-bond donors (Lipinski definition) is 1. The first-order valence-corrected chi connectivity index (χ1v) is 6.36. The van der Waals surface area contributed by atoms with Gasteiger partial charge >= 0.3 is 0 Å². The second-order valence-electron chi connectivity index (χ2n) is 4.37. The molecular weight excluding hydrogens is 222 g/mol. The van der Waals surface area contributed by atoms with Gasteiger partial charge in [-0.1, -0.05) is 11.6 Å². The molecule has 1 fully saturated rings. The van der Waals surface area contributed by atoms with Crippen molar-refractivity contribution in [2.75, 3.05) is 13.7 Å². The number of hydrogen-bond acceptors (Lipinski definition) is 1. The van der Waals surface area contributed by atoms with Gasteiger partial charge < -0.3 is 10.1 Å². The second kappa shape index (κ2) is 5.55. The molecule has 1 atom stereocenters. The van der Waals surface area contributed by atoms with E-state index in [1.807, 2.05) is 18.2 Å². The third-order valence-electron chi connectivity index (χ3n) is 3.26. The fraction of sp³-hybridized carbons (Fsp3) is 0.538. The maximum absolute atomic E-state index is 6.06. The van der Waals surface area contributed by atoms with Crippen molar-refractivity contribution in [3.63, 3.8) is 0 Å². The standard InChI is InChI=1S/C13H18ClNO/c1-16-13-7-6-10(14)9-11(13)12-5-3-2-4-8-15-12/h6-7,9,12,15H,2-5,8H2,1H3/p+1/t12-/m0/s1. The lowest BCUT2D eigenvalue weighted by Gasteiger charge is -2.16. The molecule has 0 spiro atoms. The van der Waals surface area contributed by atoms with Crippen LogP contribution in [0.5, 0.6) is 5.75 Å². The third kappa shape index (κ3) is 2.69. The fourth-order valence-electron chi connectivity index (χ4n) is 2.40. The molecule has 1 aliphatic rings. The van der Waals surface area contributed by atoms with Crippen LogP contribution in [0.15, 0.2) is 18.2 Å². The van der Waals surface area contributed by atoms with E-state index in [4.69, 9.17) is 16.3 Å². The van der Waals surface area contributed by atoms with E-state index in [0.29, 0.717) is 6.04 Å². The molecule has 0 aliphatic carbocycles. The van der Waals surface area contributed by atoms with Crippen LogP contribution >= 0.6 is 11.6 Å². The van der Waals surface area contributed by atoms with Crippen LogP contribution in [0.25, 0.3) is 0 Å². The average molecular weight is 241 g/mol. The van der Waals surface area contributed by atoms with Gasteiger partial charge in [-0.25, -0.2) is 0 Å². The molecule has 0 amide bonds. The highest BCUT2D eigenvalue weighted by molar-refractivity contribution is 6.30. The van der Waals surface area contributed by atoms with Crippen molar-refractivity contribution >= 4 is 11.6 Å². The molecule has 0 saturated carbocycles. The predicted octanol–water partition coefficient (Wildman–Crippen LogP) is 2.53. The molecule has 2 rings (SSSR count). The topological polar surface area (TPSA) is 25.8 Å². The van der Waals surface area contributed by atoms with E-state index in [1.54, 1.807) is 7.11 Å². The molecule has 0 unspecified atom stereocenters. The van der Waals surface area contributed by atoms with Gasteiger partial charge in [-0.3, -0.25) is 0 Å². The third-order valence-corrected chi connectivity index (χ3v) is 3.50. The van der Waals surface area contributed by atoms with E-state index in [9.17, 15) is 0 Å². The highest BCUT2D eigenvalue weighted by Gasteiger charge is 2.21. The number of methoxy groups -OCH3 is 1. The maximum Gasteiger partial charge on any atom is 0.128 e. The summed E-state index contributed by atoms with van der Waals surface area (Å²) in [7, 11) is 1.73. The summed E-state index contributed by atoms with van der Waals surface area (Å²) in [5.41, 5.74) is 1.25. The van der Waals surface area contributed by atoms with Gasteiger partial charge in [-0.05, 0) is 37.5 Å². The number of benzene rings is 1. The summed E-state index contributed by atoms with van der Waals surface area (Å²) in [5.74, 6) is 0.965. The van der Waals surface area contributed by atoms with Crippen molar-refractivity contribution in [1.82, 2.24) is 0 Å². The van der Waals surface area contributed by atoms with Crippen molar-refractivity contribution in [2.24, 2.45) is 0 Å². The Labute approximate surface area is 102 Å². The van der Waals surface area contributed by atoms with Crippen LogP contribution in [-0.2, 0) is 0 Å². The molecule has 16 heavy (non-hydrogen) atoms. The monoisotopic (exact) mass is 240 g/mol. The van der Waals surface area contributed by atoms with E-state index >= 15 is 0 Å². The molecule has 1 aliphatic heterocycles. The lowest BCUT2D eigenvalue weighted by atomic mass is 10.0.